The largest absolute Gasteiger partial charge is 0.370 e. The average molecular weight is 318 g/mol. The van der Waals surface area contributed by atoms with Crippen LogP contribution in [0.3, 0.4) is 0 Å². The molecule has 5 rings (SSSR count). The smallest absolute Gasteiger partial charge is 0.317 e. The molecule has 4 nitrogen and oxygen atoms in total. The molecule has 3 heterocycles. The summed E-state index contributed by atoms with van der Waals surface area (Å²) in [7, 11) is 3.91. The molecule has 5 aromatic rings. The topological polar surface area (TPSA) is 18.7 Å². The summed E-state index contributed by atoms with van der Waals surface area (Å²) in [6.45, 7) is -2.27. The van der Waals surface area contributed by atoms with Crippen molar-refractivity contribution < 1.29 is 8.68 Å². The molecular weight excluding hydrogens is 296 g/mol. The molecule has 0 unspecified atom stereocenters. The molecule has 0 saturated carbocycles. The minimum atomic E-state index is -2.27. The van der Waals surface area contributed by atoms with E-state index in [0.29, 0.717) is 5.95 Å². The van der Waals surface area contributed by atoms with Gasteiger partial charge in [0.15, 0.2) is 5.65 Å². The number of hydrogen-bond donors (Lipinski definition) is 0. The van der Waals surface area contributed by atoms with E-state index >= 15 is 0 Å². The van der Waals surface area contributed by atoms with E-state index in [9.17, 15) is 0 Å². The molecule has 0 aliphatic heterocycles. The predicted molar refractivity (Wildman–Crippen MR) is 97.4 cm³/mol. The van der Waals surface area contributed by atoms with E-state index in [1.165, 1.54) is 9.95 Å². The van der Waals surface area contributed by atoms with E-state index in [2.05, 4.69) is 27.3 Å². The van der Waals surface area contributed by atoms with Gasteiger partial charge >= 0.3 is 5.95 Å². The maximum atomic E-state index is 7.97. The zero-order chi connectivity index (χ0) is 18.9. The van der Waals surface area contributed by atoms with Crippen LogP contribution >= 0.6 is 0 Å². The highest BCUT2D eigenvalue weighted by Gasteiger charge is 2.26. The van der Waals surface area contributed by atoms with Gasteiger partial charge in [0.05, 0.1) is 41.4 Å². The average Bonchev–Trinajstić information content (AvgIpc) is 3.26. The van der Waals surface area contributed by atoms with Crippen molar-refractivity contribution in [2.24, 2.45) is 21.1 Å². The Morgan fingerprint density at radius 3 is 2.38 bits per heavy atom. The van der Waals surface area contributed by atoms with Crippen molar-refractivity contribution in [1.82, 2.24) is 13.7 Å². The fourth-order valence-corrected chi connectivity index (χ4v) is 3.84. The molecule has 4 heteroatoms. The molecule has 0 amide bonds. The first-order valence-corrected chi connectivity index (χ1v) is 7.94. The Balaban J connectivity index is 2.07. The van der Waals surface area contributed by atoms with Gasteiger partial charge in [-0.05, 0) is 12.1 Å². The summed E-state index contributed by atoms with van der Waals surface area (Å²) in [5, 5.41) is 3.42. The minimum Gasteiger partial charge on any atom is -0.317 e. The van der Waals surface area contributed by atoms with Gasteiger partial charge in [0.25, 0.3) is 0 Å². The van der Waals surface area contributed by atoms with Crippen molar-refractivity contribution >= 4 is 32.8 Å². The number of imidazole rings is 1. The van der Waals surface area contributed by atoms with Gasteiger partial charge in [-0.3, -0.25) is 0 Å². The number of para-hydroxylation sites is 2. The molecule has 0 saturated heterocycles. The normalized spacial score (nSPS) is 14.3. The lowest BCUT2D eigenvalue weighted by molar-refractivity contribution is -0.664. The van der Waals surface area contributed by atoms with Crippen LogP contribution in [-0.4, -0.2) is 13.7 Å². The lowest BCUT2D eigenvalue weighted by Crippen LogP contribution is -2.32. The first-order valence-electron chi connectivity index (χ1n) is 9.44. The number of nitrogens with zero attached hydrogens (tertiary/aromatic N) is 4. The molecule has 0 aliphatic carbocycles. The highest BCUT2D eigenvalue weighted by molar-refractivity contribution is 6.21. The lowest BCUT2D eigenvalue weighted by Gasteiger charge is -2.04. The molecule has 3 aromatic heterocycles. The van der Waals surface area contributed by atoms with Crippen LogP contribution in [0.2, 0.25) is 0 Å². The van der Waals surface area contributed by atoms with Gasteiger partial charge in [-0.2, -0.15) is 4.57 Å². The van der Waals surface area contributed by atoms with E-state index in [4.69, 9.17) is 4.11 Å². The Kier molecular flexibility index (Phi) is 2.01. The van der Waals surface area contributed by atoms with Crippen molar-refractivity contribution in [2.45, 2.75) is 0 Å². The quantitative estimate of drug-likeness (QED) is 0.422. The molecule has 118 valence electrons. The molecule has 24 heavy (non-hydrogen) atoms. The molecule has 0 aliphatic rings. The van der Waals surface area contributed by atoms with Crippen LogP contribution in [0.15, 0.2) is 60.9 Å². The predicted octanol–water partition coefficient (Wildman–Crippen LogP) is 3.44. The summed E-state index contributed by atoms with van der Waals surface area (Å²) in [4.78, 5) is 0. The molecular formula is C20H19N4+. The molecule has 0 spiro atoms. The second-order valence-corrected chi connectivity index (χ2v) is 6.21. The van der Waals surface area contributed by atoms with Crippen LogP contribution in [0.25, 0.3) is 38.8 Å². The summed E-state index contributed by atoms with van der Waals surface area (Å²) in [6, 6.07) is 16.4. The Morgan fingerprint density at radius 1 is 0.958 bits per heavy atom. The van der Waals surface area contributed by atoms with Crippen LogP contribution < -0.4 is 4.57 Å². The zero-order valence-corrected chi connectivity index (χ0v) is 13.6. The van der Waals surface area contributed by atoms with Crippen LogP contribution in [0.5, 0.6) is 0 Å². The van der Waals surface area contributed by atoms with Gasteiger partial charge in [0.1, 0.15) is 5.52 Å². The molecule has 0 radical (unpaired) electrons. The summed E-state index contributed by atoms with van der Waals surface area (Å²) in [5.74, 6) is 0.604. The zero-order valence-electron chi connectivity index (χ0n) is 16.6. The first kappa shape index (κ1) is 10.7. The summed E-state index contributed by atoms with van der Waals surface area (Å²) in [5.41, 5.74) is 3.09. The van der Waals surface area contributed by atoms with Crippen LogP contribution in [-0.2, 0) is 21.1 Å². The SMILES string of the molecule is [2H]C([2H])([2H])n1cc[n+](C)c1-n1c2ccccc2c2c3ccccc3n(C)c21. The summed E-state index contributed by atoms with van der Waals surface area (Å²) in [6.07, 6.45) is 3.40. The van der Waals surface area contributed by atoms with Crippen molar-refractivity contribution in [3.63, 3.8) is 0 Å². The number of aryl methyl sites for hydroxylation is 3. The number of fused-ring (bicyclic) bond motifs is 5. The Morgan fingerprint density at radius 2 is 1.62 bits per heavy atom. The molecule has 0 atom stereocenters. The summed E-state index contributed by atoms with van der Waals surface area (Å²) >= 11 is 0. The van der Waals surface area contributed by atoms with Crippen molar-refractivity contribution in [2.75, 3.05) is 0 Å². The Bertz CT molecular complexity index is 1330. The Labute approximate surface area is 144 Å². The highest BCUT2D eigenvalue weighted by Crippen LogP contribution is 2.37. The van der Waals surface area contributed by atoms with Gasteiger partial charge < -0.3 is 4.57 Å². The third-order valence-electron chi connectivity index (χ3n) is 4.87. The number of benzene rings is 2. The van der Waals surface area contributed by atoms with E-state index in [1.54, 1.807) is 12.4 Å². The Hall–Kier alpha value is -3.01. The van der Waals surface area contributed by atoms with Gasteiger partial charge in [-0.1, -0.05) is 36.4 Å². The minimum absolute atomic E-state index is 0.604. The standard InChI is InChI=1S/C20H19N4/c1-21-12-13-22(2)20(21)24-17-11-7-5-9-15(17)18-14-8-4-6-10-16(14)23(3)19(18)24/h4-13H,1-3H3/q+1/i1D3. The fourth-order valence-electron chi connectivity index (χ4n) is 3.84. The molecule has 0 N–H and O–H groups in total. The molecule has 0 fully saturated rings. The third-order valence-corrected chi connectivity index (χ3v) is 4.87. The number of rotatable bonds is 1. The van der Waals surface area contributed by atoms with Crippen molar-refractivity contribution in [1.29, 1.82) is 0 Å². The molecule has 0 bridgehead atoms. The van der Waals surface area contributed by atoms with Crippen LogP contribution in [0.4, 0.5) is 0 Å². The summed E-state index contributed by atoms with van der Waals surface area (Å²) < 4.78 is 31.3. The first-order chi connectivity index (χ1) is 12.9. The van der Waals surface area contributed by atoms with Crippen molar-refractivity contribution in [3.05, 3.63) is 60.9 Å². The monoisotopic (exact) mass is 318 g/mol. The third kappa shape index (κ3) is 1.50. The van der Waals surface area contributed by atoms with E-state index in [-0.39, 0.29) is 0 Å². The second kappa shape index (κ2) is 4.51. The second-order valence-electron chi connectivity index (χ2n) is 6.21. The number of hydrogen-bond acceptors (Lipinski definition) is 0. The maximum Gasteiger partial charge on any atom is 0.370 e. The maximum absolute atomic E-state index is 7.97. The highest BCUT2D eigenvalue weighted by atomic mass is 15.3. The van der Waals surface area contributed by atoms with Crippen LogP contribution in [0.1, 0.15) is 4.11 Å². The van der Waals surface area contributed by atoms with Gasteiger partial charge in [-0.15, -0.1) is 0 Å². The van der Waals surface area contributed by atoms with E-state index in [0.717, 1.165) is 27.5 Å². The lowest BCUT2D eigenvalue weighted by atomic mass is 10.1. The van der Waals surface area contributed by atoms with Gasteiger partial charge in [-0.25, -0.2) is 9.13 Å². The van der Waals surface area contributed by atoms with Crippen molar-refractivity contribution in [3.8, 4) is 5.95 Å². The molecule has 2 aromatic carbocycles. The van der Waals surface area contributed by atoms with E-state index in [1.807, 2.05) is 49.0 Å². The van der Waals surface area contributed by atoms with E-state index < -0.39 is 6.98 Å². The van der Waals surface area contributed by atoms with Crippen LogP contribution in [0, 0.1) is 0 Å². The van der Waals surface area contributed by atoms with Gasteiger partial charge in [0, 0.05) is 17.8 Å². The number of aromatic nitrogens is 4. The van der Waals surface area contributed by atoms with Gasteiger partial charge in [0.2, 0.25) is 0 Å². The fraction of sp³-hybridized carbons (Fsp3) is 0.150.